The number of amides is 1. The number of aliphatic imine (C=N–C) groups is 1. The van der Waals surface area contributed by atoms with Crippen LogP contribution in [0.4, 0.5) is 0 Å². The molecule has 164 valence electrons. The van der Waals surface area contributed by atoms with Gasteiger partial charge in [-0.3, -0.25) is 4.79 Å². The lowest BCUT2D eigenvalue weighted by Gasteiger charge is -2.37. The van der Waals surface area contributed by atoms with Crippen LogP contribution in [0.1, 0.15) is 43.7 Å². The highest BCUT2D eigenvalue weighted by Gasteiger charge is 2.32. The Morgan fingerprint density at radius 3 is 2.80 bits per heavy atom. The molecule has 2 unspecified atom stereocenters. The van der Waals surface area contributed by atoms with Crippen molar-refractivity contribution in [1.82, 2.24) is 15.1 Å². The molecule has 1 amide bonds. The Morgan fingerprint density at radius 2 is 2.03 bits per heavy atom. The Balaban J connectivity index is 1.39. The smallest absolute Gasteiger partial charge is 0.222 e. The van der Waals surface area contributed by atoms with E-state index in [2.05, 4.69) is 41.4 Å². The zero-order chi connectivity index (χ0) is 20.8. The molecular formula is C23H34N4O3. The van der Waals surface area contributed by atoms with Crippen LogP contribution in [-0.2, 0) is 27.4 Å². The van der Waals surface area contributed by atoms with E-state index in [-0.39, 0.29) is 18.1 Å². The molecule has 1 aromatic rings. The Morgan fingerprint density at radius 1 is 1.17 bits per heavy atom. The minimum Gasteiger partial charge on any atom is -0.375 e. The third kappa shape index (κ3) is 5.32. The SMILES string of the molecule is CCNC(=NCc1cccc(CN2CCCC2=O)c1)N1CCOC(C2CCCO2)C1. The molecule has 0 aromatic heterocycles. The van der Waals surface area contributed by atoms with Crippen molar-refractivity contribution in [3.8, 4) is 0 Å². The number of rotatable bonds is 6. The lowest BCUT2D eigenvalue weighted by Crippen LogP contribution is -2.53. The number of nitrogens with zero attached hydrogens (tertiary/aromatic N) is 3. The molecule has 1 aromatic carbocycles. The maximum Gasteiger partial charge on any atom is 0.222 e. The average Bonchev–Trinajstić information content (AvgIpc) is 3.44. The van der Waals surface area contributed by atoms with Crippen LogP contribution >= 0.6 is 0 Å². The second-order valence-corrected chi connectivity index (χ2v) is 8.32. The first-order valence-corrected chi connectivity index (χ1v) is 11.3. The number of likely N-dealkylation sites (tertiary alicyclic amines) is 1. The van der Waals surface area contributed by atoms with Gasteiger partial charge >= 0.3 is 0 Å². The lowest BCUT2D eigenvalue weighted by atomic mass is 10.1. The van der Waals surface area contributed by atoms with Gasteiger partial charge in [-0.15, -0.1) is 0 Å². The number of nitrogens with one attached hydrogen (secondary N) is 1. The summed E-state index contributed by atoms with van der Waals surface area (Å²) in [7, 11) is 0. The van der Waals surface area contributed by atoms with Gasteiger partial charge < -0.3 is 24.6 Å². The minimum atomic E-state index is 0.117. The van der Waals surface area contributed by atoms with Gasteiger partial charge in [-0.2, -0.15) is 0 Å². The van der Waals surface area contributed by atoms with Crippen molar-refractivity contribution in [2.75, 3.05) is 39.4 Å². The first kappa shape index (κ1) is 21.1. The zero-order valence-corrected chi connectivity index (χ0v) is 18.0. The molecule has 3 saturated heterocycles. The molecule has 0 radical (unpaired) electrons. The van der Waals surface area contributed by atoms with Crippen LogP contribution in [-0.4, -0.2) is 73.3 Å². The summed E-state index contributed by atoms with van der Waals surface area (Å²) >= 11 is 0. The van der Waals surface area contributed by atoms with Gasteiger partial charge in [0.05, 0.1) is 19.3 Å². The number of ether oxygens (including phenoxy) is 2. The quantitative estimate of drug-likeness (QED) is 0.571. The fourth-order valence-electron chi connectivity index (χ4n) is 4.50. The number of carbonyl (C=O) groups excluding carboxylic acids is 1. The summed E-state index contributed by atoms with van der Waals surface area (Å²) in [6.45, 7) is 8.31. The standard InChI is InChI=1S/C23H34N4O3/c1-2-24-23(27-11-13-30-21(17-27)20-8-5-12-29-20)25-15-18-6-3-7-19(14-18)16-26-10-4-9-22(26)28/h3,6-7,14,20-21H,2,4-5,8-13,15-17H2,1H3,(H,24,25). The highest BCUT2D eigenvalue weighted by atomic mass is 16.5. The molecule has 4 rings (SSSR count). The van der Waals surface area contributed by atoms with E-state index in [1.807, 2.05) is 4.90 Å². The summed E-state index contributed by atoms with van der Waals surface area (Å²) in [5.74, 6) is 1.20. The number of benzene rings is 1. The van der Waals surface area contributed by atoms with Crippen LogP contribution < -0.4 is 5.32 Å². The average molecular weight is 415 g/mol. The first-order chi connectivity index (χ1) is 14.7. The maximum atomic E-state index is 11.9. The third-order valence-electron chi connectivity index (χ3n) is 6.06. The second-order valence-electron chi connectivity index (χ2n) is 8.32. The monoisotopic (exact) mass is 414 g/mol. The van der Waals surface area contributed by atoms with Crippen molar-refractivity contribution in [2.45, 2.75) is 57.9 Å². The van der Waals surface area contributed by atoms with Crippen LogP contribution in [0.3, 0.4) is 0 Å². The Kier molecular flexibility index (Phi) is 7.23. The van der Waals surface area contributed by atoms with Crippen molar-refractivity contribution >= 4 is 11.9 Å². The van der Waals surface area contributed by atoms with Gasteiger partial charge in [0.1, 0.15) is 6.10 Å². The summed E-state index contributed by atoms with van der Waals surface area (Å²) in [6, 6.07) is 8.44. The molecule has 3 heterocycles. The van der Waals surface area contributed by atoms with Gasteiger partial charge in [-0.25, -0.2) is 4.99 Å². The topological polar surface area (TPSA) is 66.4 Å². The van der Waals surface area contributed by atoms with Crippen molar-refractivity contribution in [2.24, 2.45) is 4.99 Å². The van der Waals surface area contributed by atoms with Crippen LogP contribution in [0.25, 0.3) is 0 Å². The van der Waals surface area contributed by atoms with Gasteiger partial charge in [0, 0.05) is 45.8 Å². The van der Waals surface area contributed by atoms with Crippen molar-refractivity contribution in [1.29, 1.82) is 0 Å². The number of guanidine groups is 1. The normalized spacial score (nSPS) is 25.2. The summed E-state index contributed by atoms with van der Waals surface area (Å²) in [5, 5.41) is 3.44. The molecule has 3 aliphatic heterocycles. The number of hydrogen-bond donors (Lipinski definition) is 1. The lowest BCUT2D eigenvalue weighted by molar-refractivity contribution is -0.128. The van der Waals surface area contributed by atoms with E-state index in [0.717, 1.165) is 58.0 Å². The molecule has 7 heteroatoms. The Labute approximate surface area is 179 Å². The largest absolute Gasteiger partial charge is 0.375 e. The van der Waals surface area contributed by atoms with Gasteiger partial charge in [0.2, 0.25) is 5.91 Å². The molecule has 0 bridgehead atoms. The fourth-order valence-corrected chi connectivity index (χ4v) is 4.50. The molecule has 3 fully saturated rings. The molecule has 0 aliphatic carbocycles. The minimum absolute atomic E-state index is 0.117. The molecule has 2 atom stereocenters. The summed E-state index contributed by atoms with van der Waals surface area (Å²) in [5.41, 5.74) is 2.34. The molecular weight excluding hydrogens is 380 g/mol. The van der Waals surface area contributed by atoms with Crippen LogP contribution in [0, 0.1) is 0 Å². The van der Waals surface area contributed by atoms with E-state index in [1.165, 1.54) is 11.1 Å². The van der Waals surface area contributed by atoms with E-state index in [4.69, 9.17) is 14.5 Å². The van der Waals surface area contributed by atoms with Crippen LogP contribution in [0.2, 0.25) is 0 Å². The molecule has 0 spiro atoms. The highest BCUT2D eigenvalue weighted by Crippen LogP contribution is 2.21. The second kappa shape index (κ2) is 10.3. The van der Waals surface area contributed by atoms with E-state index in [9.17, 15) is 4.79 Å². The Bertz CT molecular complexity index is 748. The molecule has 30 heavy (non-hydrogen) atoms. The first-order valence-electron chi connectivity index (χ1n) is 11.3. The van der Waals surface area contributed by atoms with Gasteiger partial charge in [-0.1, -0.05) is 24.3 Å². The summed E-state index contributed by atoms with van der Waals surface area (Å²) in [6.07, 6.45) is 4.19. The van der Waals surface area contributed by atoms with Gasteiger partial charge in [0.25, 0.3) is 0 Å². The number of carbonyl (C=O) groups is 1. The van der Waals surface area contributed by atoms with Crippen molar-refractivity contribution in [3.05, 3.63) is 35.4 Å². The third-order valence-corrected chi connectivity index (χ3v) is 6.06. The molecule has 1 N–H and O–H groups in total. The maximum absolute atomic E-state index is 11.9. The predicted octanol–water partition coefficient (Wildman–Crippen LogP) is 2.15. The molecule has 3 aliphatic rings. The van der Waals surface area contributed by atoms with Crippen LogP contribution in [0.5, 0.6) is 0 Å². The van der Waals surface area contributed by atoms with E-state index in [0.29, 0.717) is 26.1 Å². The van der Waals surface area contributed by atoms with E-state index in [1.54, 1.807) is 0 Å². The highest BCUT2D eigenvalue weighted by molar-refractivity contribution is 5.80. The van der Waals surface area contributed by atoms with Gasteiger partial charge in [0.15, 0.2) is 5.96 Å². The van der Waals surface area contributed by atoms with Crippen LogP contribution in [0.15, 0.2) is 29.3 Å². The fraction of sp³-hybridized carbons (Fsp3) is 0.652. The van der Waals surface area contributed by atoms with Crippen molar-refractivity contribution in [3.63, 3.8) is 0 Å². The Hall–Kier alpha value is -2.12. The van der Waals surface area contributed by atoms with E-state index >= 15 is 0 Å². The van der Waals surface area contributed by atoms with Gasteiger partial charge in [-0.05, 0) is 37.3 Å². The molecule has 0 saturated carbocycles. The number of morpholine rings is 1. The number of hydrogen-bond acceptors (Lipinski definition) is 4. The zero-order valence-electron chi connectivity index (χ0n) is 18.0. The summed E-state index contributed by atoms with van der Waals surface area (Å²) < 4.78 is 11.8. The predicted molar refractivity (Wildman–Crippen MR) is 116 cm³/mol. The summed E-state index contributed by atoms with van der Waals surface area (Å²) in [4.78, 5) is 21.1. The van der Waals surface area contributed by atoms with Crippen molar-refractivity contribution < 1.29 is 14.3 Å². The molecule has 7 nitrogen and oxygen atoms in total. The van der Waals surface area contributed by atoms with E-state index < -0.39 is 0 Å².